The Bertz CT molecular complexity index is 395. The van der Waals surface area contributed by atoms with Gasteiger partial charge >= 0.3 is 6.18 Å². The number of hydrogen-bond donors (Lipinski definition) is 2. The highest BCUT2D eigenvalue weighted by Crippen LogP contribution is 2.33. The smallest absolute Gasteiger partial charge is 0.394 e. The Labute approximate surface area is 101 Å². The van der Waals surface area contributed by atoms with Crippen molar-refractivity contribution in [2.45, 2.75) is 12.3 Å². The molecule has 0 aliphatic carbocycles. The zero-order chi connectivity index (χ0) is 13.8. The van der Waals surface area contributed by atoms with Crippen LogP contribution in [0.5, 0.6) is 0 Å². The molecule has 0 heterocycles. The van der Waals surface area contributed by atoms with E-state index in [0.717, 1.165) is 6.07 Å². The highest BCUT2D eigenvalue weighted by Gasteiger charge is 2.34. The average Bonchev–Trinajstić information content (AvgIpc) is 2.30. The number of nitrogens with two attached hydrogens (primary N) is 1. The van der Waals surface area contributed by atoms with E-state index in [-0.39, 0.29) is 25.3 Å². The van der Waals surface area contributed by atoms with Gasteiger partial charge in [-0.2, -0.15) is 13.2 Å². The lowest BCUT2D eigenvalue weighted by atomic mass is 10.0. The summed E-state index contributed by atoms with van der Waals surface area (Å²) in [7, 11) is 0. The van der Waals surface area contributed by atoms with Crippen molar-refractivity contribution in [1.29, 1.82) is 0 Å². The molecule has 0 amide bonds. The summed E-state index contributed by atoms with van der Waals surface area (Å²) in [5.41, 5.74) is 4.13. The summed E-state index contributed by atoms with van der Waals surface area (Å²) in [4.78, 5) is 0. The van der Waals surface area contributed by atoms with E-state index >= 15 is 0 Å². The van der Waals surface area contributed by atoms with Crippen LogP contribution in [-0.4, -0.2) is 24.9 Å². The highest BCUT2D eigenvalue weighted by atomic mass is 19.4. The van der Waals surface area contributed by atoms with E-state index in [1.165, 1.54) is 6.07 Å². The van der Waals surface area contributed by atoms with Gasteiger partial charge in [0.05, 0.1) is 24.9 Å². The molecule has 0 saturated carbocycles. The number of hydrogen-bond acceptors (Lipinski definition) is 3. The summed E-state index contributed by atoms with van der Waals surface area (Å²) >= 11 is 0. The van der Waals surface area contributed by atoms with Crippen molar-refractivity contribution < 1.29 is 27.4 Å². The Kier molecular flexibility index (Phi) is 5.06. The molecule has 3 N–H and O–H groups in total. The monoisotopic (exact) mass is 267 g/mol. The van der Waals surface area contributed by atoms with Crippen LogP contribution in [0.1, 0.15) is 17.2 Å². The normalized spacial score (nSPS) is 13.7. The minimum absolute atomic E-state index is 0.0550. The summed E-state index contributed by atoms with van der Waals surface area (Å²) in [5, 5.41) is 8.58. The first-order valence-electron chi connectivity index (χ1n) is 5.19. The van der Waals surface area contributed by atoms with Gasteiger partial charge in [-0.25, -0.2) is 4.39 Å². The first-order chi connectivity index (χ1) is 8.40. The van der Waals surface area contributed by atoms with E-state index in [1.54, 1.807) is 0 Å². The van der Waals surface area contributed by atoms with Crippen LogP contribution < -0.4 is 5.73 Å². The van der Waals surface area contributed by atoms with Crippen molar-refractivity contribution in [2.75, 3.05) is 19.8 Å². The molecule has 0 saturated heterocycles. The minimum atomic E-state index is -4.77. The molecule has 102 valence electrons. The number of benzene rings is 1. The van der Waals surface area contributed by atoms with E-state index < -0.39 is 23.7 Å². The summed E-state index contributed by atoms with van der Waals surface area (Å²) in [6.07, 6.45) is -5.57. The topological polar surface area (TPSA) is 55.5 Å². The van der Waals surface area contributed by atoms with E-state index in [1.807, 2.05) is 0 Å². The molecule has 0 spiro atoms. The average molecular weight is 267 g/mol. The fourth-order valence-corrected chi connectivity index (χ4v) is 1.46. The van der Waals surface area contributed by atoms with Crippen LogP contribution in [0.15, 0.2) is 18.2 Å². The number of halogens is 4. The van der Waals surface area contributed by atoms with Crippen molar-refractivity contribution in [3.63, 3.8) is 0 Å². The van der Waals surface area contributed by atoms with Crippen molar-refractivity contribution >= 4 is 0 Å². The lowest BCUT2D eigenvalue weighted by molar-refractivity contribution is -0.140. The lowest BCUT2D eigenvalue weighted by Gasteiger charge is -2.17. The molecule has 0 radical (unpaired) electrons. The SMILES string of the molecule is NCC(OCCO)c1ccc(F)c(C(F)(F)F)c1. The first-order valence-corrected chi connectivity index (χ1v) is 5.19. The molecule has 1 aromatic rings. The van der Waals surface area contributed by atoms with Crippen molar-refractivity contribution in [2.24, 2.45) is 5.73 Å². The van der Waals surface area contributed by atoms with Gasteiger partial charge in [-0.3, -0.25) is 0 Å². The molecule has 18 heavy (non-hydrogen) atoms. The number of aliphatic hydroxyl groups excluding tert-OH is 1. The van der Waals surface area contributed by atoms with Crippen LogP contribution in [0, 0.1) is 5.82 Å². The Hall–Kier alpha value is -1.18. The molecule has 1 rings (SSSR count). The van der Waals surface area contributed by atoms with Gasteiger partial charge in [0, 0.05) is 6.54 Å². The molecule has 7 heteroatoms. The largest absolute Gasteiger partial charge is 0.419 e. The Morgan fingerprint density at radius 1 is 1.33 bits per heavy atom. The van der Waals surface area contributed by atoms with Gasteiger partial charge in [-0.1, -0.05) is 6.07 Å². The molecule has 0 fully saturated rings. The van der Waals surface area contributed by atoms with Gasteiger partial charge < -0.3 is 15.6 Å². The second-order valence-corrected chi connectivity index (χ2v) is 3.56. The highest BCUT2D eigenvalue weighted by molar-refractivity contribution is 5.29. The molecule has 0 aliphatic heterocycles. The molecule has 3 nitrogen and oxygen atoms in total. The van der Waals surface area contributed by atoms with Crippen LogP contribution >= 0.6 is 0 Å². The standard InChI is InChI=1S/C11H13F4NO2/c12-9-2-1-7(5-8(9)11(13,14)15)10(6-16)18-4-3-17/h1-2,5,10,17H,3-4,6,16H2. The van der Waals surface area contributed by atoms with Crippen molar-refractivity contribution in [3.8, 4) is 0 Å². The third-order valence-corrected chi connectivity index (χ3v) is 2.29. The number of ether oxygens (including phenoxy) is 1. The zero-order valence-corrected chi connectivity index (χ0v) is 9.38. The molecular weight excluding hydrogens is 254 g/mol. The Balaban J connectivity index is 3.02. The van der Waals surface area contributed by atoms with Gasteiger partial charge in [0.25, 0.3) is 0 Å². The molecule has 0 aromatic heterocycles. The maximum absolute atomic E-state index is 13.1. The summed E-state index contributed by atoms with van der Waals surface area (Å²) < 4.78 is 55.6. The van der Waals surface area contributed by atoms with Gasteiger partial charge in [-0.05, 0) is 17.7 Å². The molecule has 0 bridgehead atoms. The number of alkyl halides is 3. The molecule has 1 atom stereocenters. The zero-order valence-electron chi connectivity index (χ0n) is 9.38. The van der Waals surface area contributed by atoms with Crippen LogP contribution in [0.3, 0.4) is 0 Å². The maximum atomic E-state index is 13.1. The van der Waals surface area contributed by atoms with Gasteiger partial charge in [0.2, 0.25) is 0 Å². The Morgan fingerprint density at radius 2 is 2.00 bits per heavy atom. The summed E-state index contributed by atoms with van der Waals surface area (Å²) in [6, 6.07) is 2.58. The fraction of sp³-hybridized carbons (Fsp3) is 0.455. The minimum Gasteiger partial charge on any atom is -0.394 e. The second kappa shape index (κ2) is 6.12. The molecule has 1 unspecified atom stereocenters. The third kappa shape index (κ3) is 3.66. The molecule has 0 aliphatic rings. The third-order valence-electron chi connectivity index (χ3n) is 2.29. The van der Waals surface area contributed by atoms with Crippen LogP contribution in [0.4, 0.5) is 17.6 Å². The lowest BCUT2D eigenvalue weighted by Crippen LogP contribution is -2.19. The van der Waals surface area contributed by atoms with Crippen molar-refractivity contribution in [3.05, 3.63) is 35.1 Å². The maximum Gasteiger partial charge on any atom is 0.419 e. The van der Waals surface area contributed by atoms with E-state index in [9.17, 15) is 17.6 Å². The quantitative estimate of drug-likeness (QED) is 0.800. The predicted molar refractivity (Wildman–Crippen MR) is 56.2 cm³/mol. The van der Waals surface area contributed by atoms with Gasteiger partial charge in [0.1, 0.15) is 5.82 Å². The first kappa shape index (κ1) is 14.9. The molecular formula is C11H13F4NO2. The van der Waals surface area contributed by atoms with E-state index in [4.69, 9.17) is 15.6 Å². The summed E-state index contributed by atoms with van der Waals surface area (Å²) in [5.74, 6) is -1.34. The fourth-order valence-electron chi connectivity index (χ4n) is 1.46. The summed E-state index contributed by atoms with van der Waals surface area (Å²) in [6.45, 7) is -0.395. The number of aliphatic hydroxyl groups is 1. The molecule has 1 aromatic carbocycles. The van der Waals surface area contributed by atoms with Crippen LogP contribution in [0.2, 0.25) is 0 Å². The predicted octanol–water partition coefficient (Wildman–Crippen LogP) is 1.85. The van der Waals surface area contributed by atoms with Gasteiger partial charge in [-0.15, -0.1) is 0 Å². The second-order valence-electron chi connectivity index (χ2n) is 3.56. The van der Waals surface area contributed by atoms with Gasteiger partial charge in [0.15, 0.2) is 0 Å². The van der Waals surface area contributed by atoms with Crippen molar-refractivity contribution in [1.82, 2.24) is 0 Å². The van der Waals surface area contributed by atoms with Crippen LogP contribution in [-0.2, 0) is 10.9 Å². The van der Waals surface area contributed by atoms with E-state index in [2.05, 4.69) is 0 Å². The van der Waals surface area contributed by atoms with E-state index in [0.29, 0.717) is 6.07 Å². The Morgan fingerprint density at radius 3 is 2.50 bits per heavy atom. The van der Waals surface area contributed by atoms with Crippen LogP contribution in [0.25, 0.3) is 0 Å². The number of rotatable bonds is 5.